The lowest BCUT2D eigenvalue weighted by Crippen LogP contribution is -2.42. The van der Waals surface area contributed by atoms with Crippen molar-refractivity contribution in [2.24, 2.45) is 4.99 Å². The highest BCUT2D eigenvalue weighted by Gasteiger charge is 2.33. The highest BCUT2D eigenvalue weighted by Crippen LogP contribution is 2.41. The number of imidazole rings is 1. The van der Waals surface area contributed by atoms with E-state index in [1.54, 1.807) is 12.3 Å². The zero-order valence-corrected chi connectivity index (χ0v) is 22.6. The summed E-state index contributed by atoms with van der Waals surface area (Å²) in [6.45, 7) is 12.0. The summed E-state index contributed by atoms with van der Waals surface area (Å²) >= 11 is 0. The van der Waals surface area contributed by atoms with Crippen LogP contribution in [0.4, 0.5) is 20.3 Å². The van der Waals surface area contributed by atoms with E-state index in [4.69, 9.17) is 9.98 Å². The number of aromatic nitrogens is 4. The van der Waals surface area contributed by atoms with Gasteiger partial charge in [-0.05, 0) is 48.7 Å². The van der Waals surface area contributed by atoms with Crippen molar-refractivity contribution in [3.8, 4) is 17.0 Å². The Balaban J connectivity index is 1.53. The van der Waals surface area contributed by atoms with Gasteiger partial charge in [0.2, 0.25) is 0 Å². The Kier molecular flexibility index (Phi) is 6.32. The first-order chi connectivity index (χ1) is 19.3. The molecule has 2 aliphatic rings. The normalized spacial score (nSPS) is 14.7. The molecule has 0 unspecified atom stereocenters. The first kappa shape index (κ1) is 25.7. The lowest BCUT2D eigenvalue weighted by atomic mass is 10.0. The van der Waals surface area contributed by atoms with E-state index in [1.807, 2.05) is 24.1 Å². The van der Waals surface area contributed by atoms with Gasteiger partial charge in [-0.2, -0.15) is 0 Å². The molecule has 8 nitrogen and oxygen atoms in total. The molecule has 0 saturated carbocycles. The molecule has 204 valence electrons. The molecule has 0 aliphatic carbocycles. The average molecular weight is 542 g/mol. The molecule has 4 aromatic rings. The maximum absolute atomic E-state index is 15.8. The molecule has 6 rings (SSSR count). The Hall–Kier alpha value is -4.60. The van der Waals surface area contributed by atoms with Crippen LogP contribution in [0.2, 0.25) is 0 Å². The van der Waals surface area contributed by atoms with Gasteiger partial charge >= 0.3 is 0 Å². The number of amidine groups is 1. The summed E-state index contributed by atoms with van der Waals surface area (Å²) in [4.78, 5) is 22.7. The van der Waals surface area contributed by atoms with Crippen LogP contribution in [-0.4, -0.2) is 48.6 Å². The molecule has 0 saturated heterocycles. The summed E-state index contributed by atoms with van der Waals surface area (Å²) in [5.74, 6) is 0.0327. The van der Waals surface area contributed by atoms with Crippen LogP contribution in [0.25, 0.3) is 17.3 Å². The summed E-state index contributed by atoms with van der Waals surface area (Å²) < 4.78 is 32.8. The molecule has 0 radical (unpaired) electrons. The van der Waals surface area contributed by atoms with Gasteiger partial charge in [-0.1, -0.05) is 26.5 Å². The van der Waals surface area contributed by atoms with E-state index in [1.165, 1.54) is 24.3 Å². The molecule has 5 heterocycles. The Morgan fingerprint density at radius 2 is 1.93 bits per heavy atom. The molecule has 1 N–H and O–H groups in total. The number of benzene rings is 1. The molecule has 2 aliphatic heterocycles. The van der Waals surface area contributed by atoms with E-state index < -0.39 is 11.6 Å². The van der Waals surface area contributed by atoms with Crippen LogP contribution in [0, 0.1) is 18.6 Å². The number of aryl methyl sites for hydroxylation is 1. The van der Waals surface area contributed by atoms with Crippen LogP contribution in [0.5, 0.6) is 5.75 Å². The van der Waals surface area contributed by atoms with Crippen molar-refractivity contribution < 1.29 is 13.9 Å². The summed E-state index contributed by atoms with van der Waals surface area (Å²) in [6.07, 6.45) is 5.31. The lowest BCUT2D eigenvalue weighted by molar-refractivity contribution is 0.334. The largest absolute Gasteiger partial charge is 0.507 e. The number of hydrogen-bond donors (Lipinski definition) is 1. The number of hydrogen-bond acceptors (Lipinski definition) is 7. The second kappa shape index (κ2) is 9.86. The second-order valence-electron chi connectivity index (χ2n) is 10.3. The molecule has 3 aromatic heterocycles. The van der Waals surface area contributed by atoms with Gasteiger partial charge < -0.3 is 19.5 Å². The van der Waals surface area contributed by atoms with Crippen molar-refractivity contribution in [2.75, 3.05) is 18.1 Å². The van der Waals surface area contributed by atoms with Crippen molar-refractivity contribution in [1.29, 1.82) is 0 Å². The van der Waals surface area contributed by atoms with Crippen molar-refractivity contribution in [3.63, 3.8) is 0 Å². The number of phenolic OH excluding ortho intramolecular Hbond substituents is 1. The fourth-order valence-corrected chi connectivity index (χ4v) is 5.50. The van der Waals surface area contributed by atoms with Crippen molar-refractivity contribution in [1.82, 2.24) is 24.4 Å². The van der Waals surface area contributed by atoms with Crippen LogP contribution < -0.4 is 4.90 Å². The first-order valence-corrected chi connectivity index (χ1v) is 13.2. The van der Waals surface area contributed by atoms with Crippen LogP contribution in [-0.2, 0) is 13.1 Å². The zero-order chi connectivity index (χ0) is 28.1. The summed E-state index contributed by atoms with van der Waals surface area (Å²) in [6, 6.07) is 7.12. The molecule has 0 bridgehead atoms. The monoisotopic (exact) mass is 541 g/mol. The van der Waals surface area contributed by atoms with E-state index in [2.05, 4.69) is 39.9 Å². The van der Waals surface area contributed by atoms with Crippen LogP contribution >= 0.6 is 0 Å². The van der Waals surface area contributed by atoms with E-state index in [-0.39, 0.29) is 29.6 Å². The van der Waals surface area contributed by atoms with Gasteiger partial charge in [0, 0.05) is 19.3 Å². The molecular formula is C30H29F2N7O. The Morgan fingerprint density at radius 1 is 1.10 bits per heavy atom. The Bertz CT molecular complexity index is 1660. The Labute approximate surface area is 231 Å². The second-order valence-corrected chi connectivity index (χ2v) is 10.3. The predicted octanol–water partition coefficient (Wildman–Crippen LogP) is 5.77. The number of halogens is 2. The van der Waals surface area contributed by atoms with Crippen LogP contribution in [0.15, 0.2) is 54.3 Å². The maximum atomic E-state index is 15.8. The highest BCUT2D eigenvalue weighted by molar-refractivity contribution is 6.05. The number of phenols is 1. The van der Waals surface area contributed by atoms with Crippen LogP contribution in [0.3, 0.4) is 0 Å². The van der Waals surface area contributed by atoms with Crippen molar-refractivity contribution >= 4 is 23.4 Å². The zero-order valence-electron chi connectivity index (χ0n) is 22.6. The van der Waals surface area contributed by atoms with Gasteiger partial charge in [-0.3, -0.25) is 4.98 Å². The SMILES string of the molecule is C=Cc1ncc2n1CCN(C1=NCN(c3c(C)ccnc3C(C)C)c3nc(-c4c(O)cccc4F)c(F)cc31)C2. The minimum atomic E-state index is -0.759. The smallest absolute Gasteiger partial charge is 0.150 e. The summed E-state index contributed by atoms with van der Waals surface area (Å²) in [5.41, 5.74) is 3.58. The first-order valence-electron chi connectivity index (χ1n) is 13.2. The molecule has 0 fully saturated rings. The number of aliphatic imine (C=N–C) groups is 1. The molecule has 40 heavy (non-hydrogen) atoms. The number of fused-ring (bicyclic) bond motifs is 2. The van der Waals surface area contributed by atoms with E-state index in [0.717, 1.165) is 28.5 Å². The van der Waals surface area contributed by atoms with Crippen LogP contribution in [0.1, 0.15) is 48.1 Å². The van der Waals surface area contributed by atoms with E-state index >= 15 is 4.39 Å². The number of anilines is 2. The van der Waals surface area contributed by atoms with Gasteiger partial charge in [-0.15, -0.1) is 0 Å². The summed E-state index contributed by atoms with van der Waals surface area (Å²) in [7, 11) is 0. The topological polar surface area (TPSA) is 82.7 Å². The fourth-order valence-electron chi connectivity index (χ4n) is 5.50. The molecule has 0 atom stereocenters. The van der Waals surface area contributed by atoms with Gasteiger partial charge in [-0.25, -0.2) is 23.7 Å². The highest BCUT2D eigenvalue weighted by atomic mass is 19.1. The minimum absolute atomic E-state index is 0.0979. The number of pyridine rings is 2. The molecule has 1 aromatic carbocycles. The van der Waals surface area contributed by atoms with Gasteiger partial charge in [0.25, 0.3) is 0 Å². The molecule has 10 heteroatoms. The Morgan fingerprint density at radius 3 is 2.67 bits per heavy atom. The quantitative estimate of drug-likeness (QED) is 0.353. The third kappa shape index (κ3) is 4.11. The van der Waals surface area contributed by atoms with Gasteiger partial charge in [0.1, 0.15) is 41.4 Å². The third-order valence-corrected chi connectivity index (χ3v) is 7.41. The van der Waals surface area contributed by atoms with Crippen molar-refractivity contribution in [3.05, 3.63) is 89.3 Å². The summed E-state index contributed by atoms with van der Waals surface area (Å²) in [5, 5.41) is 10.5. The van der Waals surface area contributed by atoms with Gasteiger partial charge in [0.15, 0.2) is 5.82 Å². The molecular weight excluding hydrogens is 512 g/mol. The maximum Gasteiger partial charge on any atom is 0.150 e. The number of rotatable bonds is 4. The number of aromatic hydroxyl groups is 1. The predicted molar refractivity (Wildman–Crippen MR) is 151 cm³/mol. The lowest BCUT2D eigenvalue weighted by Gasteiger charge is -2.37. The minimum Gasteiger partial charge on any atom is -0.507 e. The van der Waals surface area contributed by atoms with E-state index in [9.17, 15) is 9.50 Å². The molecule has 0 spiro atoms. The molecule has 0 amide bonds. The fraction of sp³-hybridized carbons (Fsp3) is 0.267. The third-order valence-electron chi connectivity index (χ3n) is 7.41. The average Bonchev–Trinajstić information content (AvgIpc) is 3.35. The van der Waals surface area contributed by atoms with E-state index in [0.29, 0.717) is 36.9 Å². The number of nitrogens with zero attached hydrogens (tertiary/aromatic N) is 7. The van der Waals surface area contributed by atoms with Crippen molar-refractivity contribution in [2.45, 2.75) is 39.8 Å². The standard InChI is InChI=1S/C30H29F2N7O/c1-5-24-34-14-19-15-37(11-12-38(19)24)29-20-13-22(32)27(25-21(31)7-6-8-23(25)40)36-30(20)39(16-35-29)28-18(4)9-10-33-26(28)17(2)3/h5-10,13-14,17,40H,1,11-12,15-16H2,2-4H3. The van der Waals surface area contributed by atoms with Gasteiger partial charge in [0.05, 0.1) is 40.9 Å².